The molecule has 0 unspecified atom stereocenters. The molecule has 8 nitrogen and oxygen atoms in total. The van der Waals surface area contributed by atoms with Crippen LogP contribution in [0.2, 0.25) is 0 Å². The minimum Gasteiger partial charge on any atom is -0.493 e. The lowest BCUT2D eigenvalue weighted by atomic mass is 10.1. The van der Waals surface area contributed by atoms with Crippen molar-refractivity contribution >= 4 is 27.5 Å². The smallest absolute Gasteiger partial charge is 0.337 e. The number of nitrogens with zero attached hydrogens (tertiary/aromatic N) is 2. The molecule has 1 aliphatic carbocycles. The van der Waals surface area contributed by atoms with E-state index < -0.39 is 5.69 Å². The molecule has 38 heavy (non-hydrogen) atoms. The van der Waals surface area contributed by atoms with Crippen molar-refractivity contribution < 1.29 is 14.3 Å². The molecular formula is C29H31N3O5S. The number of carbonyl (C=O) groups is 1. The van der Waals surface area contributed by atoms with E-state index in [9.17, 15) is 14.4 Å². The maximum atomic E-state index is 13.7. The minimum atomic E-state index is -0.499. The second-order valence-electron chi connectivity index (χ2n) is 9.60. The van der Waals surface area contributed by atoms with Gasteiger partial charge in [-0.2, -0.15) is 0 Å². The Bertz CT molecular complexity index is 1660. The predicted octanol–water partition coefficient (Wildman–Crippen LogP) is 3.70. The summed E-state index contributed by atoms with van der Waals surface area (Å²) in [7, 11) is 3.17. The second-order valence-corrected chi connectivity index (χ2v) is 10.7. The summed E-state index contributed by atoms with van der Waals surface area (Å²) in [5, 5.41) is 3.49. The number of hydrogen-bond acceptors (Lipinski definition) is 6. The van der Waals surface area contributed by atoms with Crippen LogP contribution in [0.5, 0.6) is 11.5 Å². The van der Waals surface area contributed by atoms with Gasteiger partial charge in [-0.3, -0.25) is 14.2 Å². The topological polar surface area (TPSA) is 91.6 Å². The summed E-state index contributed by atoms with van der Waals surface area (Å²) in [6, 6.07) is 11.2. The molecule has 0 atom stereocenters. The molecule has 0 bridgehead atoms. The Morgan fingerprint density at radius 3 is 2.53 bits per heavy atom. The van der Waals surface area contributed by atoms with Crippen molar-refractivity contribution in [2.45, 2.75) is 46.1 Å². The number of thiophene rings is 1. The van der Waals surface area contributed by atoms with Crippen molar-refractivity contribution in [1.29, 1.82) is 0 Å². The Balaban J connectivity index is 1.45. The van der Waals surface area contributed by atoms with E-state index in [1.54, 1.807) is 20.3 Å². The average molecular weight is 534 g/mol. The highest BCUT2D eigenvalue weighted by Gasteiger charge is 2.26. The molecule has 1 amide bonds. The van der Waals surface area contributed by atoms with E-state index in [4.69, 9.17) is 9.47 Å². The quantitative estimate of drug-likeness (QED) is 0.373. The lowest BCUT2D eigenvalue weighted by Crippen LogP contribution is -2.41. The van der Waals surface area contributed by atoms with Crippen molar-refractivity contribution in [2.75, 3.05) is 20.8 Å². The van der Waals surface area contributed by atoms with Crippen LogP contribution in [0.1, 0.15) is 33.6 Å². The van der Waals surface area contributed by atoms with Crippen LogP contribution in [-0.2, 0) is 30.6 Å². The zero-order valence-corrected chi connectivity index (χ0v) is 22.9. The molecule has 0 fully saturated rings. The first kappa shape index (κ1) is 25.8. The van der Waals surface area contributed by atoms with Gasteiger partial charge in [0.15, 0.2) is 11.5 Å². The summed E-state index contributed by atoms with van der Waals surface area (Å²) >= 11 is 1.46. The van der Waals surface area contributed by atoms with Gasteiger partial charge in [0, 0.05) is 11.4 Å². The molecule has 5 rings (SSSR count). The molecule has 0 aliphatic heterocycles. The van der Waals surface area contributed by atoms with E-state index in [-0.39, 0.29) is 18.0 Å². The number of aryl methyl sites for hydroxylation is 4. The van der Waals surface area contributed by atoms with Gasteiger partial charge >= 0.3 is 5.69 Å². The largest absolute Gasteiger partial charge is 0.493 e. The van der Waals surface area contributed by atoms with E-state index >= 15 is 0 Å². The maximum Gasteiger partial charge on any atom is 0.337 e. The molecule has 1 N–H and O–H groups in total. The van der Waals surface area contributed by atoms with Gasteiger partial charge in [-0.1, -0.05) is 12.1 Å². The van der Waals surface area contributed by atoms with Crippen LogP contribution < -0.4 is 26.0 Å². The fourth-order valence-electron chi connectivity index (χ4n) is 5.02. The van der Waals surface area contributed by atoms with Crippen molar-refractivity contribution in [1.82, 2.24) is 14.5 Å². The van der Waals surface area contributed by atoms with Crippen LogP contribution in [0.4, 0.5) is 0 Å². The monoisotopic (exact) mass is 533 g/mol. The zero-order valence-electron chi connectivity index (χ0n) is 22.1. The summed E-state index contributed by atoms with van der Waals surface area (Å²) in [6.07, 6.45) is 3.29. The van der Waals surface area contributed by atoms with Crippen LogP contribution in [0, 0.1) is 13.8 Å². The maximum absolute atomic E-state index is 13.7. The number of benzene rings is 2. The lowest BCUT2D eigenvalue weighted by Gasteiger charge is -2.14. The standard InChI is InChI=1S/C29H31N3O5S/c1-17-8-10-20(14-18(17)2)32-27(34)26-21-6-5-7-24(21)38-28(26)31(29(32)35)16-25(33)30-13-12-19-9-11-22(36-3)23(15-19)37-4/h8-11,14-15H,5-7,12-13,16H2,1-4H3,(H,30,33). The molecule has 0 radical (unpaired) electrons. The molecule has 9 heteroatoms. The Hall–Kier alpha value is -3.85. The number of hydrogen-bond donors (Lipinski definition) is 1. The van der Waals surface area contributed by atoms with E-state index in [1.807, 2.05) is 44.2 Å². The molecule has 4 aromatic rings. The van der Waals surface area contributed by atoms with Crippen molar-refractivity contribution in [3.05, 3.63) is 84.4 Å². The van der Waals surface area contributed by atoms with Gasteiger partial charge in [0.25, 0.3) is 5.56 Å². The minimum absolute atomic E-state index is 0.161. The molecule has 0 spiro atoms. The molecular weight excluding hydrogens is 502 g/mol. The summed E-state index contributed by atoms with van der Waals surface area (Å²) in [4.78, 5) is 42.1. The summed E-state index contributed by atoms with van der Waals surface area (Å²) in [6.45, 7) is 4.17. The first-order valence-electron chi connectivity index (χ1n) is 12.7. The third-order valence-corrected chi connectivity index (χ3v) is 8.54. The Morgan fingerprint density at radius 1 is 1.00 bits per heavy atom. The fraction of sp³-hybridized carbons (Fsp3) is 0.345. The van der Waals surface area contributed by atoms with Gasteiger partial charge in [0.05, 0.1) is 25.3 Å². The molecule has 1 aliphatic rings. The Labute approximate surface area is 224 Å². The van der Waals surface area contributed by atoms with Gasteiger partial charge in [-0.05, 0) is 86.1 Å². The molecule has 2 aromatic carbocycles. The number of aromatic nitrogens is 2. The van der Waals surface area contributed by atoms with Gasteiger partial charge in [0.2, 0.25) is 5.91 Å². The van der Waals surface area contributed by atoms with Crippen LogP contribution in [0.15, 0.2) is 46.0 Å². The highest BCUT2D eigenvalue weighted by molar-refractivity contribution is 7.19. The number of fused-ring (bicyclic) bond motifs is 3. The summed E-state index contributed by atoms with van der Waals surface area (Å²) < 4.78 is 13.3. The second kappa shape index (κ2) is 10.5. The van der Waals surface area contributed by atoms with Gasteiger partial charge in [-0.15, -0.1) is 11.3 Å². The third kappa shape index (κ3) is 4.62. The van der Waals surface area contributed by atoms with Crippen LogP contribution in [-0.4, -0.2) is 35.8 Å². The summed E-state index contributed by atoms with van der Waals surface area (Å²) in [5.74, 6) is 0.989. The Kier molecular flexibility index (Phi) is 7.12. The van der Waals surface area contributed by atoms with E-state index in [0.29, 0.717) is 40.4 Å². The van der Waals surface area contributed by atoms with Crippen molar-refractivity contribution in [2.24, 2.45) is 0 Å². The highest BCUT2D eigenvalue weighted by atomic mass is 32.1. The molecule has 2 heterocycles. The third-order valence-electron chi connectivity index (χ3n) is 7.22. The average Bonchev–Trinajstić information content (AvgIpc) is 3.50. The van der Waals surface area contributed by atoms with Gasteiger partial charge in [-0.25, -0.2) is 9.36 Å². The normalized spacial score (nSPS) is 12.5. The number of carbonyl (C=O) groups excluding carboxylic acids is 1. The van der Waals surface area contributed by atoms with Crippen molar-refractivity contribution in [3.8, 4) is 17.2 Å². The van der Waals surface area contributed by atoms with E-state index in [0.717, 1.165) is 46.4 Å². The van der Waals surface area contributed by atoms with E-state index in [2.05, 4.69) is 5.32 Å². The highest BCUT2D eigenvalue weighted by Crippen LogP contribution is 2.35. The number of rotatable bonds is 8. The van der Waals surface area contributed by atoms with Gasteiger partial charge < -0.3 is 14.8 Å². The number of methoxy groups -OCH3 is 2. The van der Waals surface area contributed by atoms with Crippen LogP contribution >= 0.6 is 11.3 Å². The predicted molar refractivity (Wildman–Crippen MR) is 149 cm³/mol. The molecule has 198 valence electrons. The summed E-state index contributed by atoms with van der Waals surface area (Å²) in [5.41, 5.74) is 3.79. The fourth-order valence-corrected chi connectivity index (χ4v) is 6.39. The number of amides is 1. The molecule has 0 saturated carbocycles. The Morgan fingerprint density at radius 2 is 1.79 bits per heavy atom. The lowest BCUT2D eigenvalue weighted by molar-refractivity contribution is -0.121. The first-order valence-corrected chi connectivity index (χ1v) is 13.5. The number of nitrogens with one attached hydrogen (secondary N) is 1. The van der Waals surface area contributed by atoms with Crippen LogP contribution in [0.3, 0.4) is 0 Å². The SMILES string of the molecule is COc1ccc(CCNC(=O)Cn2c(=O)n(-c3ccc(C)c(C)c3)c(=O)c3c4c(sc32)CCC4)cc1OC. The van der Waals surface area contributed by atoms with Gasteiger partial charge in [0.1, 0.15) is 11.4 Å². The first-order chi connectivity index (χ1) is 18.3. The number of ether oxygens (including phenoxy) is 2. The molecule has 2 aromatic heterocycles. The molecule has 0 saturated heterocycles. The van der Waals surface area contributed by atoms with Crippen LogP contribution in [0.25, 0.3) is 15.9 Å². The van der Waals surface area contributed by atoms with Crippen molar-refractivity contribution in [3.63, 3.8) is 0 Å². The van der Waals surface area contributed by atoms with E-state index in [1.165, 1.54) is 20.5 Å². The zero-order chi connectivity index (χ0) is 27.0.